The fourth-order valence-electron chi connectivity index (χ4n) is 6.84. The smallest absolute Gasteiger partial charge is 0.346 e. The molecular weight excluding hydrogens is 492 g/mol. The first kappa shape index (κ1) is 24.6. The van der Waals surface area contributed by atoms with Crippen molar-refractivity contribution in [3.8, 4) is 0 Å². The van der Waals surface area contributed by atoms with Crippen LogP contribution in [0.2, 0.25) is 0 Å². The lowest BCUT2D eigenvalue weighted by molar-refractivity contribution is -0.623. The SMILES string of the molecule is CC1(C)CCc2c(C(=O)NC3C[N+]4=C(N)N[C@@H](CN5C(=O)CCC5=O)[C@@H]5N=C(N)N[C@@]54C3(O)O)cccc21. The maximum absolute atomic E-state index is 13.5. The van der Waals surface area contributed by atoms with Gasteiger partial charge in [-0.1, -0.05) is 26.0 Å². The number of carbonyl (C=O) groups excluding carboxylic acids is 3. The lowest BCUT2D eigenvalue weighted by atomic mass is 9.84. The minimum Gasteiger partial charge on any atom is -0.370 e. The average Bonchev–Trinajstić information content (AvgIpc) is 3.54. The second kappa shape index (κ2) is 7.90. The highest BCUT2D eigenvalue weighted by molar-refractivity contribution is 6.02. The van der Waals surface area contributed by atoms with E-state index < -0.39 is 35.5 Å². The number of likely N-dealkylation sites (tertiary alicyclic amines) is 1. The molecule has 9 N–H and O–H groups in total. The quantitative estimate of drug-likeness (QED) is 0.123. The monoisotopic (exact) mass is 525 g/mol. The van der Waals surface area contributed by atoms with Crippen molar-refractivity contribution < 1.29 is 29.2 Å². The first-order valence-electron chi connectivity index (χ1n) is 12.9. The van der Waals surface area contributed by atoms with Crippen molar-refractivity contribution in [2.24, 2.45) is 16.5 Å². The molecule has 1 aliphatic carbocycles. The predicted molar refractivity (Wildman–Crippen MR) is 135 cm³/mol. The number of nitrogens with two attached hydrogens (primary N) is 2. The first-order valence-corrected chi connectivity index (χ1v) is 12.9. The van der Waals surface area contributed by atoms with Crippen molar-refractivity contribution in [2.45, 2.75) is 74.5 Å². The third-order valence-corrected chi connectivity index (χ3v) is 8.86. The van der Waals surface area contributed by atoms with Gasteiger partial charge in [-0.15, -0.1) is 0 Å². The lowest BCUT2D eigenvalue weighted by Gasteiger charge is -2.44. The van der Waals surface area contributed by atoms with Gasteiger partial charge in [-0.25, -0.2) is 9.57 Å². The summed E-state index contributed by atoms with van der Waals surface area (Å²) in [5, 5.41) is 32.1. The summed E-state index contributed by atoms with van der Waals surface area (Å²) in [6.07, 6.45) is 1.91. The van der Waals surface area contributed by atoms with E-state index >= 15 is 0 Å². The van der Waals surface area contributed by atoms with E-state index in [-0.39, 0.29) is 55.1 Å². The fourth-order valence-corrected chi connectivity index (χ4v) is 6.84. The van der Waals surface area contributed by atoms with Crippen LogP contribution in [0.25, 0.3) is 0 Å². The number of hydrogen-bond donors (Lipinski definition) is 7. The van der Waals surface area contributed by atoms with E-state index in [0.717, 1.165) is 28.9 Å². The van der Waals surface area contributed by atoms with Crippen LogP contribution in [0.3, 0.4) is 0 Å². The van der Waals surface area contributed by atoms with E-state index in [2.05, 4.69) is 34.8 Å². The Morgan fingerprint density at radius 2 is 1.92 bits per heavy atom. The summed E-state index contributed by atoms with van der Waals surface area (Å²) in [4.78, 5) is 43.6. The van der Waals surface area contributed by atoms with Crippen molar-refractivity contribution >= 4 is 29.6 Å². The molecule has 5 aliphatic rings. The summed E-state index contributed by atoms with van der Waals surface area (Å²) in [5.41, 5.74) is 13.2. The van der Waals surface area contributed by atoms with Crippen LogP contribution < -0.4 is 27.4 Å². The van der Waals surface area contributed by atoms with Gasteiger partial charge in [0.1, 0.15) is 18.1 Å². The van der Waals surface area contributed by atoms with E-state index in [1.54, 1.807) is 6.07 Å². The lowest BCUT2D eigenvalue weighted by Crippen LogP contribution is -2.79. The van der Waals surface area contributed by atoms with Crippen molar-refractivity contribution in [1.82, 2.24) is 20.9 Å². The van der Waals surface area contributed by atoms with Gasteiger partial charge in [0, 0.05) is 18.4 Å². The molecule has 2 fully saturated rings. The van der Waals surface area contributed by atoms with Crippen LogP contribution in [0.4, 0.5) is 0 Å². The molecule has 13 heteroatoms. The van der Waals surface area contributed by atoms with E-state index in [1.165, 1.54) is 4.58 Å². The number of guanidine groups is 2. The van der Waals surface area contributed by atoms with Crippen molar-refractivity contribution in [1.29, 1.82) is 0 Å². The Morgan fingerprint density at radius 3 is 2.63 bits per heavy atom. The van der Waals surface area contributed by atoms with E-state index in [4.69, 9.17) is 11.5 Å². The summed E-state index contributed by atoms with van der Waals surface area (Å²) >= 11 is 0. The zero-order valence-corrected chi connectivity index (χ0v) is 21.3. The highest BCUT2D eigenvalue weighted by Gasteiger charge is 2.75. The third-order valence-electron chi connectivity index (χ3n) is 8.86. The molecule has 6 rings (SSSR count). The molecule has 2 saturated heterocycles. The molecule has 1 unspecified atom stereocenters. The molecule has 4 atom stereocenters. The first-order chi connectivity index (χ1) is 17.9. The van der Waals surface area contributed by atoms with Gasteiger partial charge in [-0.05, 0) is 35.4 Å². The normalized spacial score (nSPS) is 32.4. The number of fused-ring (bicyclic) bond motifs is 1. The number of rotatable bonds is 4. The van der Waals surface area contributed by atoms with Crippen LogP contribution >= 0.6 is 0 Å². The molecule has 4 aliphatic heterocycles. The molecule has 38 heavy (non-hydrogen) atoms. The summed E-state index contributed by atoms with van der Waals surface area (Å²) < 4.78 is 1.49. The highest BCUT2D eigenvalue weighted by atomic mass is 16.5. The molecule has 3 amide bonds. The largest absolute Gasteiger partial charge is 0.370 e. The van der Waals surface area contributed by atoms with Gasteiger partial charge in [0.25, 0.3) is 5.91 Å². The van der Waals surface area contributed by atoms with Crippen LogP contribution in [0.15, 0.2) is 23.2 Å². The molecule has 0 bridgehead atoms. The number of amides is 3. The molecule has 1 aromatic rings. The number of imide groups is 1. The summed E-state index contributed by atoms with van der Waals surface area (Å²) in [6.45, 7) is 4.15. The maximum atomic E-state index is 13.5. The van der Waals surface area contributed by atoms with Gasteiger partial charge in [-0.3, -0.25) is 30.3 Å². The molecule has 1 spiro atoms. The Kier molecular flexibility index (Phi) is 5.12. The highest BCUT2D eigenvalue weighted by Crippen LogP contribution is 2.43. The number of nitrogens with zero attached hydrogens (tertiary/aromatic N) is 3. The molecule has 202 valence electrons. The Labute approximate surface area is 218 Å². The average molecular weight is 526 g/mol. The van der Waals surface area contributed by atoms with Crippen LogP contribution in [0.5, 0.6) is 0 Å². The van der Waals surface area contributed by atoms with Gasteiger partial charge >= 0.3 is 5.96 Å². The summed E-state index contributed by atoms with van der Waals surface area (Å²) in [7, 11) is 0. The second-order valence-corrected chi connectivity index (χ2v) is 11.5. The second-order valence-electron chi connectivity index (χ2n) is 11.5. The molecule has 4 heterocycles. The zero-order valence-electron chi connectivity index (χ0n) is 21.3. The number of aliphatic hydroxyl groups is 2. The molecule has 1 aromatic carbocycles. The van der Waals surface area contributed by atoms with Crippen molar-refractivity contribution in [3.63, 3.8) is 0 Å². The minimum absolute atomic E-state index is 0.0473. The van der Waals surface area contributed by atoms with Crippen LogP contribution in [0.1, 0.15) is 54.6 Å². The molecule has 0 aromatic heterocycles. The standard InChI is InChI=1S/C25H32N8O5/c1-23(2)9-8-12-13(4-3-5-14(12)23)20(36)29-16-11-33-22(27)28-15(10-32-17(34)6-7-18(32)35)19-24(33,25(16,37)38)31-21(26)30-19/h3-5,15-16,19,37-38H,6-11H2,1-2H3,(H6,26,27,28,29,30,31,36)/p+1/t15-,16?,19-,24-/m0/s1. The van der Waals surface area contributed by atoms with Crippen molar-refractivity contribution in [2.75, 3.05) is 13.1 Å². The number of aliphatic imine (C=N–C) groups is 1. The third kappa shape index (κ3) is 3.21. The van der Waals surface area contributed by atoms with E-state index in [9.17, 15) is 24.6 Å². The summed E-state index contributed by atoms with van der Waals surface area (Å²) in [5.74, 6) is -3.61. The number of hydrogen-bond acceptors (Lipinski definition) is 10. The Morgan fingerprint density at radius 1 is 1.21 bits per heavy atom. The minimum atomic E-state index is -2.58. The summed E-state index contributed by atoms with van der Waals surface area (Å²) in [6, 6.07) is 2.74. The number of carbonyl (C=O) groups is 3. The molecule has 0 radical (unpaired) electrons. The topological polar surface area (TPSA) is 198 Å². The van der Waals surface area contributed by atoms with Crippen molar-refractivity contribution in [3.05, 3.63) is 34.9 Å². The molecular formula is C25H33N8O5+. The van der Waals surface area contributed by atoms with Gasteiger partial charge < -0.3 is 26.6 Å². The van der Waals surface area contributed by atoms with E-state index in [0.29, 0.717) is 5.56 Å². The Bertz CT molecular complexity index is 1320. The van der Waals surface area contributed by atoms with Gasteiger partial charge in [-0.2, -0.15) is 0 Å². The maximum Gasteiger partial charge on any atom is 0.346 e. The van der Waals surface area contributed by atoms with Gasteiger partial charge in [0.05, 0.1) is 13.1 Å². The van der Waals surface area contributed by atoms with Gasteiger partial charge in [0.15, 0.2) is 5.96 Å². The molecule has 13 nitrogen and oxygen atoms in total. The Balaban J connectivity index is 1.32. The predicted octanol–water partition coefficient (Wildman–Crippen LogP) is -2.87. The zero-order chi connectivity index (χ0) is 27.2. The van der Waals surface area contributed by atoms with Crippen LogP contribution in [-0.4, -0.2) is 92.0 Å². The van der Waals surface area contributed by atoms with Gasteiger partial charge in [0.2, 0.25) is 23.3 Å². The Hall–Kier alpha value is -3.71. The number of benzene rings is 1. The van der Waals surface area contributed by atoms with E-state index in [1.807, 2.05) is 12.1 Å². The van der Waals surface area contributed by atoms with Crippen LogP contribution in [-0.2, 0) is 21.4 Å². The fraction of sp³-hybridized carbons (Fsp3) is 0.560. The number of nitrogens with one attached hydrogen (secondary N) is 3. The van der Waals surface area contributed by atoms with Crippen LogP contribution in [0, 0.1) is 0 Å². The molecule has 0 saturated carbocycles.